The molecule has 0 spiro atoms. The molecule has 8 heteroatoms. The molecule has 0 unspecified atom stereocenters. The Bertz CT molecular complexity index is 716. The Labute approximate surface area is 115 Å². The average Bonchev–Trinajstić information content (AvgIpc) is 2.77. The summed E-state index contributed by atoms with van der Waals surface area (Å²) in [4.78, 5) is 12.0. The zero-order valence-corrected chi connectivity index (χ0v) is 11.1. The highest BCUT2D eigenvalue weighted by molar-refractivity contribution is 9.10. The van der Waals surface area contributed by atoms with E-state index >= 15 is 0 Å². The Hall–Kier alpha value is -1.73. The van der Waals surface area contributed by atoms with Gasteiger partial charge in [0.25, 0.3) is 0 Å². The molecule has 0 bridgehead atoms. The van der Waals surface area contributed by atoms with Gasteiger partial charge in [-0.1, -0.05) is 0 Å². The number of hydrogen-bond acceptors (Lipinski definition) is 5. The van der Waals surface area contributed by atoms with Gasteiger partial charge in [-0.2, -0.15) is 15.1 Å². The summed E-state index contributed by atoms with van der Waals surface area (Å²) < 4.78 is 6.43. The zero-order chi connectivity index (χ0) is 12.5. The van der Waals surface area contributed by atoms with Gasteiger partial charge in [0, 0.05) is 10.7 Å². The Morgan fingerprint density at radius 2 is 2.11 bits per heavy atom. The number of pyridine rings is 1. The Kier molecular flexibility index (Phi) is 2.85. The Morgan fingerprint density at radius 1 is 1.22 bits per heavy atom. The average molecular weight is 327 g/mol. The van der Waals surface area contributed by atoms with Crippen molar-refractivity contribution in [2.24, 2.45) is 0 Å². The minimum atomic E-state index is 0.0877. The standard InChI is InChI=1S/C10H5BrClN5O/c11-5-1-6(3-13-2-5)18-9-7-4-14-17-8(7)15-10(12)16-9/h1-4H,(H,14,15,16,17). The van der Waals surface area contributed by atoms with Crippen molar-refractivity contribution in [1.29, 1.82) is 0 Å². The molecule has 18 heavy (non-hydrogen) atoms. The largest absolute Gasteiger partial charge is 0.436 e. The summed E-state index contributed by atoms with van der Waals surface area (Å²) in [5.74, 6) is 0.875. The van der Waals surface area contributed by atoms with Gasteiger partial charge in [0.1, 0.15) is 11.1 Å². The van der Waals surface area contributed by atoms with Crippen molar-refractivity contribution in [2.45, 2.75) is 0 Å². The first-order valence-electron chi connectivity index (χ1n) is 4.87. The number of rotatable bonds is 2. The van der Waals surface area contributed by atoms with E-state index in [1.165, 1.54) is 0 Å². The zero-order valence-electron chi connectivity index (χ0n) is 8.76. The molecule has 0 aliphatic rings. The van der Waals surface area contributed by atoms with Crippen molar-refractivity contribution in [3.63, 3.8) is 0 Å². The number of halogens is 2. The molecule has 3 rings (SSSR count). The van der Waals surface area contributed by atoms with E-state index in [0.29, 0.717) is 22.7 Å². The Balaban J connectivity index is 2.06. The van der Waals surface area contributed by atoms with E-state index in [-0.39, 0.29) is 5.28 Å². The summed E-state index contributed by atoms with van der Waals surface area (Å²) in [5, 5.41) is 7.32. The smallest absolute Gasteiger partial charge is 0.234 e. The van der Waals surface area contributed by atoms with Crippen LogP contribution < -0.4 is 4.74 Å². The van der Waals surface area contributed by atoms with Crippen LogP contribution in [0.3, 0.4) is 0 Å². The lowest BCUT2D eigenvalue weighted by Gasteiger charge is -2.05. The van der Waals surface area contributed by atoms with Crippen LogP contribution in [0.25, 0.3) is 11.0 Å². The second kappa shape index (κ2) is 4.51. The summed E-state index contributed by atoms with van der Waals surface area (Å²) in [6.07, 6.45) is 4.81. The molecule has 0 aromatic carbocycles. The first-order chi connectivity index (χ1) is 8.72. The fourth-order valence-corrected chi connectivity index (χ4v) is 1.93. The highest BCUT2D eigenvalue weighted by Crippen LogP contribution is 2.28. The number of hydrogen-bond donors (Lipinski definition) is 1. The molecule has 3 aromatic rings. The van der Waals surface area contributed by atoms with Crippen LogP contribution in [0.2, 0.25) is 5.28 Å². The summed E-state index contributed by atoms with van der Waals surface area (Å²) in [7, 11) is 0. The van der Waals surface area contributed by atoms with Crippen LogP contribution in [0.5, 0.6) is 11.6 Å². The number of ether oxygens (including phenoxy) is 1. The minimum Gasteiger partial charge on any atom is -0.436 e. The lowest BCUT2D eigenvalue weighted by molar-refractivity contribution is 0.466. The van der Waals surface area contributed by atoms with Crippen LogP contribution >= 0.6 is 27.5 Å². The van der Waals surface area contributed by atoms with E-state index in [0.717, 1.165) is 4.47 Å². The van der Waals surface area contributed by atoms with E-state index < -0.39 is 0 Å². The summed E-state index contributed by atoms with van der Waals surface area (Å²) in [6, 6.07) is 1.77. The van der Waals surface area contributed by atoms with Crippen molar-refractivity contribution in [3.05, 3.63) is 34.4 Å². The van der Waals surface area contributed by atoms with Gasteiger partial charge >= 0.3 is 0 Å². The third-order valence-electron chi connectivity index (χ3n) is 2.14. The first-order valence-corrected chi connectivity index (χ1v) is 6.04. The normalized spacial score (nSPS) is 10.8. The number of aromatic nitrogens is 5. The van der Waals surface area contributed by atoms with Gasteiger partial charge in [0.05, 0.1) is 12.4 Å². The molecule has 0 atom stereocenters. The van der Waals surface area contributed by atoms with Crippen molar-refractivity contribution >= 4 is 38.6 Å². The third-order valence-corrected chi connectivity index (χ3v) is 2.74. The number of H-pyrrole nitrogens is 1. The molecule has 0 fully saturated rings. The SMILES string of the molecule is Clc1nc(Oc2cncc(Br)c2)c2cn[nH]c2n1. The molecule has 0 aliphatic heterocycles. The van der Waals surface area contributed by atoms with Gasteiger partial charge in [-0.25, -0.2) is 0 Å². The molecule has 0 radical (unpaired) electrons. The number of fused-ring (bicyclic) bond motifs is 1. The molecule has 0 saturated heterocycles. The monoisotopic (exact) mass is 325 g/mol. The number of nitrogens with zero attached hydrogens (tertiary/aromatic N) is 4. The number of nitrogens with one attached hydrogen (secondary N) is 1. The van der Waals surface area contributed by atoms with Crippen LogP contribution in [0.4, 0.5) is 0 Å². The molecule has 1 N–H and O–H groups in total. The Morgan fingerprint density at radius 3 is 2.94 bits per heavy atom. The highest BCUT2D eigenvalue weighted by Gasteiger charge is 2.10. The van der Waals surface area contributed by atoms with Gasteiger partial charge in [-0.3, -0.25) is 10.1 Å². The van der Waals surface area contributed by atoms with Crippen LogP contribution in [0, 0.1) is 0 Å². The molecule has 3 aromatic heterocycles. The van der Waals surface area contributed by atoms with Crippen molar-refractivity contribution < 1.29 is 4.74 Å². The first kappa shape index (κ1) is 11.4. The van der Waals surface area contributed by atoms with Crippen LogP contribution in [-0.4, -0.2) is 25.1 Å². The van der Waals surface area contributed by atoms with Gasteiger partial charge < -0.3 is 4.74 Å². The summed E-state index contributed by atoms with van der Waals surface area (Å²) in [5.41, 5.74) is 0.521. The van der Waals surface area contributed by atoms with Crippen LogP contribution in [-0.2, 0) is 0 Å². The maximum atomic E-state index is 5.80. The minimum absolute atomic E-state index is 0.0877. The predicted molar refractivity (Wildman–Crippen MR) is 68.7 cm³/mol. The molecular formula is C10H5BrClN5O. The molecule has 6 nitrogen and oxygen atoms in total. The summed E-state index contributed by atoms with van der Waals surface area (Å²) in [6.45, 7) is 0. The van der Waals surface area contributed by atoms with Crippen molar-refractivity contribution in [1.82, 2.24) is 25.1 Å². The second-order valence-corrected chi connectivity index (χ2v) is 4.62. The van der Waals surface area contributed by atoms with Crippen molar-refractivity contribution in [3.8, 4) is 11.6 Å². The quantitative estimate of drug-likeness (QED) is 0.733. The highest BCUT2D eigenvalue weighted by atomic mass is 79.9. The van der Waals surface area contributed by atoms with Gasteiger partial charge in [0.2, 0.25) is 11.2 Å². The fraction of sp³-hybridized carbons (Fsp3) is 0. The maximum Gasteiger partial charge on any atom is 0.234 e. The van der Waals surface area contributed by atoms with Gasteiger partial charge in [0.15, 0.2) is 5.65 Å². The predicted octanol–water partition coefficient (Wildman–Crippen LogP) is 2.96. The molecule has 0 amide bonds. The molecule has 0 saturated carbocycles. The summed E-state index contributed by atoms with van der Waals surface area (Å²) >= 11 is 9.12. The van der Waals surface area contributed by atoms with Crippen LogP contribution in [0.15, 0.2) is 29.1 Å². The van der Waals surface area contributed by atoms with Crippen molar-refractivity contribution in [2.75, 3.05) is 0 Å². The topological polar surface area (TPSA) is 76.6 Å². The van der Waals surface area contributed by atoms with Gasteiger partial charge in [-0.15, -0.1) is 0 Å². The van der Waals surface area contributed by atoms with E-state index in [2.05, 4.69) is 41.1 Å². The van der Waals surface area contributed by atoms with E-state index in [1.807, 2.05) is 0 Å². The number of aromatic amines is 1. The molecule has 3 heterocycles. The van der Waals surface area contributed by atoms with E-state index in [1.54, 1.807) is 24.7 Å². The molecule has 0 aliphatic carbocycles. The third kappa shape index (κ3) is 2.14. The molecular weight excluding hydrogens is 322 g/mol. The van der Waals surface area contributed by atoms with E-state index in [4.69, 9.17) is 16.3 Å². The van der Waals surface area contributed by atoms with Crippen LogP contribution in [0.1, 0.15) is 0 Å². The van der Waals surface area contributed by atoms with Gasteiger partial charge in [-0.05, 0) is 33.6 Å². The fourth-order valence-electron chi connectivity index (χ4n) is 1.42. The lowest BCUT2D eigenvalue weighted by Crippen LogP contribution is -1.92. The van der Waals surface area contributed by atoms with E-state index in [9.17, 15) is 0 Å². The second-order valence-electron chi connectivity index (χ2n) is 3.37. The molecule has 90 valence electrons. The lowest BCUT2D eigenvalue weighted by atomic mass is 10.4. The maximum absolute atomic E-state index is 5.80.